The van der Waals surface area contributed by atoms with Gasteiger partial charge in [-0.05, 0) is 6.92 Å². The van der Waals surface area contributed by atoms with Crippen LogP contribution in [0.2, 0.25) is 0 Å². The van der Waals surface area contributed by atoms with E-state index in [9.17, 15) is 13.6 Å². The zero-order valence-electron chi connectivity index (χ0n) is 6.97. The fourth-order valence-corrected chi connectivity index (χ4v) is 1.05. The lowest BCUT2D eigenvalue weighted by Crippen LogP contribution is -2.16. The van der Waals surface area contributed by atoms with Gasteiger partial charge >= 0.3 is 0 Å². The van der Waals surface area contributed by atoms with E-state index in [0.717, 1.165) is 0 Å². The molecule has 0 aliphatic rings. The van der Waals surface area contributed by atoms with Crippen LogP contribution in [0.5, 0.6) is 0 Å². The maximum absolute atomic E-state index is 12.2. The number of aromatic nitrogens is 1. The van der Waals surface area contributed by atoms with Gasteiger partial charge in [-0.2, -0.15) is 0 Å². The highest BCUT2D eigenvalue weighted by Gasteiger charge is 2.16. The summed E-state index contributed by atoms with van der Waals surface area (Å²) in [6.07, 6.45) is -1.56. The number of aryl methyl sites for hydroxylation is 1. The van der Waals surface area contributed by atoms with E-state index in [1.54, 1.807) is 0 Å². The minimum absolute atomic E-state index is 0.255. The SMILES string of the molecule is Cc1c[nH]c(C(F)F)c(CO)c1=O. The summed E-state index contributed by atoms with van der Waals surface area (Å²) in [7, 11) is 0. The molecule has 1 aromatic rings. The molecule has 1 aromatic heterocycles. The Bertz CT molecular complexity index is 360. The molecule has 0 fully saturated rings. The van der Waals surface area contributed by atoms with Crippen LogP contribution in [0.25, 0.3) is 0 Å². The Hall–Kier alpha value is -1.23. The molecule has 13 heavy (non-hydrogen) atoms. The van der Waals surface area contributed by atoms with Gasteiger partial charge in [0, 0.05) is 11.8 Å². The molecule has 0 aliphatic heterocycles. The Labute approximate surface area is 73.0 Å². The molecule has 0 aromatic carbocycles. The smallest absolute Gasteiger partial charge is 0.278 e. The zero-order chi connectivity index (χ0) is 10.0. The molecule has 1 rings (SSSR count). The van der Waals surface area contributed by atoms with Gasteiger partial charge in [-0.25, -0.2) is 8.78 Å². The summed E-state index contributed by atoms with van der Waals surface area (Å²) in [6, 6.07) is 0. The van der Waals surface area contributed by atoms with Crippen LogP contribution in [0.4, 0.5) is 8.78 Å². The number of aromatic amines is 1. The Morgan fingerprint density at radius 2 is 2.23 bits per heavy atom. The first-order valence-corrected chi connectivity index (χ1v) is 3.68. The van der Waals surface area contributed by atoms with Crippen LogP contribution in [0.15, 0.2) is 11.0 Å². The first kappa shape index (κ1) is 9.85. The Balaban J connectivity index is 3.39. The molecule has 0 atom stereocenters. The molecule has 0 bridgehead atoms. The predicted molar refractivity (Wildman–Crippen MR) is 42.7 cm³/mol. The number of hydrogen-bond acceptors (Lipinski definition) is 2. The Morgan fingerprint density at radius 3 is 2.69 bits per heavy atom. The molecule has 2 N–H and O–H groups in total. The highest BCUT2D eigenvalue weighted by Crippen LogP contribution is 2.18. The van der Waals surface area contributed by atoms with Crippen molar-refractivity contribution < 1.29 is 13.9 Å². The van der Waals surface area contributed by atoms with Gasteiger partial charge in [0.05, 0.1) is 17.9 Å². The van der Waals surface area contributed by atoms with E-state index in [-0.39, 0.29) is 5.56 Å². The third kappa shape index (κ3) is 1.75. The molecule has 0 saturated carbocycles. The standard InChI is InChI=1S/C8H9F2NO2/c1-4-2-11-6(8(9)10)5(3-12)7(4)13/h2,8,12H,3H2,1H3,(H,11,13). The average molecular weight is 189 g/mol. The molecular formula is C8H9F2NO2. The number of aliphatic hydroxyl groups excluding tert-OH is 1. The van der Waals surface area contributed by atoms with Crippen molar-refractivity contribution in [1.82, 2.24) is 4.98 Å². The van der Waals surface area contributed by atoms with Crippen molar-refractivity contribution in [2.75, 3.05) is 0 Å². The molecule has 0 saturated heterocycles. The van der Waals surface area contributed by atoms with Crippen molar-refractivity contribution in [3.8, 4) is 0 Å². The lowest BCUT2D eigenvalue weighted by Gasteiger charge is -2.05. The molecule has 5 heteroatoms. The average Bonchev–Trinajstić information content (AvgIpc) is 2.09. The van der Waals surface area contributed by atoms with E-state index in [1.165, 1.54) is 13.1 Å². The normalized spacial score (nSPS) is 10.8. The van der Waals surface area contributed by atoms with Crippen molar-refractivity contribution in [1.29, 1.82) is 0 Å². The fourth-order valence-electron chi connectivity index (χ4n) is 1.05. The van der Waals surface area contributed by atoms with Crippen molar-refractivity contribution in [3.05, 3.63) is 33.2 Å². The van der Waals surface area contributed by atoms with Crippen LogP contribution in [0.1, 0.15) is 23.2 Å². The topological polar surface area (TPSA) is 53.1 Å². The van der Waals surface area contributed by atoms with Crippen LogP contribution in [0, 0.1) is 6.92 Å². The molecule has 3 nitrogen and oxygen atoms in total. The molecule has 0 radical (unpaired) electrons. The van der Waals surface area contributed by atoms with E-state index in [2.05, 4.69) is 4.98 Å². The lowest BCUT2D eigenvalue weighted by atomic mass is 10.1. The van der Waals surface area contributed by atoms with E-state index in [1.807, 2.05) is 0 Å². The van der Waals surface area contributed by atoms with Crippen molar-refractivity contribution >= 4 is 0 Å². The molecular weight excluding hydrogens is 180 g/mol. The molecule has 1 heterocycles. The molecule has 72 valence electrons. The Kier molecular flexibility index (Phi) is 2.77. The van der Waals surface area contributed by atoms with Gasteiger partial charge < -0.3 is 10.1 Å². The number of pyridine rings is 1. The van der Waals surface area contributed by atoms with Crippen LogP contribution in [-0.4, -0.2) is 10.1 Å². The van der Waals surface area contributed by atoms with Gasteiger partial charge in [-0.15, -0.1) is 0 Å². The van der Waals surface area contributed by atoms with Crippen LogP contribution >= 0.6 is 0 Å². The van der Waals surface area contributed by atoms with E-state index >= 15 is 0 Å². The van der Waals surface area contributed by atoms with Crippen LogP contribution in [0.3, 0.4) is 0 Å². The second-order valence-corrected chi connectivity index (χ2v) is 2.65. The third-order valence-electron chi connectivity index (χ3n) is 1.78. The van der Waals surface area contributed by atoms with Gasteiger partial charge in [0.1, 0.15) is 0 Å². The minimum atomic E-state index is -2.77. The summed E-state index contributed by atoms with van der Waals surface area (Å²) in [5.74, 6) is 0. The van der Waals surface area contributed by atoms with E-state index in [4.69, 9.17) is 5.11 Å². The number of hydrogen-bond donors (Lipinski definition) is 2. The first-order chi connectivity index (χ1) is 6.07. The van der Waals surface area contributed by atoms with Gasteiger partial charge in [-0.1, -0.05) is 0 Å². The number of H-pyrrole nitrogens is 1. The second kappa shape index (κ2) is 3.66. The van der Waals surface area contributed by atoms with Gasteiger partial charge in [-0.3, -0.25) is 4.79 Å². The summed E-state index contributed by atoms with van der Waals surface area (Å²) in [5.41, 5.74) is -0.974. The third-order valence-corrected chi connectivity index (χ3v) is 1.78. The lowest BCUT2D eigenvalue weighted by molar-refractivity contribution is 0.141. The highest BCUT2D eigenvalue weighted by molar-refractivity contribution is 5.25. The number of alkyl halides is 2. The summed E-state index contributed by atoms with van der Waals surface area (Å²) >= 11 is 0. The minimum Gasteiger partial charge on any atom is -0.391 e. The summed E-state index contributed by atoms with van der Waals surface area (Å²) in [4.78, 5) is 13.5. The summed E-state index contributed by atoms with van der Waals surface area (Å²) in [6.45, 7) is 0.823. The van der Waals surface area contributed by atoms with Gasteiger partial charge in [0.15, 0.2) is 5.43 Å². The predicted octanol–water partition coefficient (Wildman–Crippen LogP) is 1.11. The Morgan fingerprint density at radius 1 is 1.62 bits per heavy atom. The van der Waals surface area contributed by atoms with E-state index < -0.39 is 24.2 Å². The number of halogens is 2. The van der Waals surface area contributed by atoms with Crippen molar-refractivity contribution in [2.45, 2.75) is 20.0 Å². The summed E-state index contributed by atoms with van der Waals surface area (Å²) in [5, 5.41) is 8.72. The quantitative estimate of drug-likeness (QED) is 0.732. The maximum atomic E-state index is 12.2. The molecule has 0 unspecified atom stereocenters. The zero-order valence-corrected chi connectivity index (χ0v) is 6.97. The van der Waals surface area contributed by atoms with Gasteiger partial charge in [0.2, 0.25) is 0 Å². The molecule has 0 spiro atoms. The monoisotopic (exact) mass is 189 g/mol. The second-order valence-electron chi connectivity index (χ2n) is 2.65. The number of nitrogens with one attached hydrogen (secondary N) is 1. The summed E-state index contributed by atoms with van der Waals surface area (Å²) < 4.78 is 24.5. The first-order valence-electron chi connectivity index (χ1n) is 3.68. The highest BCUT2D eigenvalue weighted by atomic mass is 19.3. The van der Waals surface area contributed by atoms with Crippen LogP contribution < -0.4 is 5.43 Å². The number of rotatable bonds is 2. The maximum Gasteiger partial charge on any atom is 0.278 e. The van der Waals surface area contributed by atoms with Gasteiger partial charge in [0.25, 0.3) is 6.43 Å². The molecule has 0 aliphatic carbocycles. The number of aliphatic hydroxyl groups is 1. The molecule has 0 amide bonds. The van der Waals surface area contributed by atoms with E-state index in [0.29, 0.717) is 5.56 Å². The van der Waals surface area contributed by atoms with Crippen LogP contribution in [-0.2, 0) is 6.61 Å². The fraction of sp³-hybridized carbons (Fsp3) is 0.375. The largest absolute Gasteiger partial charge is 0.391 e. The van der Waals surface area contributed by atoms with Crippen molar-refractivity contribution in [3.63, 3.8) is 0 Å². The van der Waals surface area contributed by atoms with Crippen molar-refractivity contribution in [2.24, 2.45) is 0 Å².